The van der Waals surface area contributed by atoms with Crippen molar-refractivity contribution in [3.8, 4) is 0 Å². The molecule has 7 heteroatoms. The molecule has 0 radical (unpaired) electrons. The highest BCUT2D eigenvalue weighted by atomic mass is 35.5. The second kappa shape index (κ2) is 8.69. The maximum absolute atomic E-state index is 11.8. The quantitative estimate of drug-likeness (QED) is 0.723. The summed E-state index contributed by atoms with van der Waals surface area (Å²) in [5, 5.41) is 3.15. The largest absolute Gasteiger partial charge is 0.352 e. The minimum Gasteiger partial charge on any atom is -0.352 e. The summed E-state index contributed by atoms with van der Waals surface area (Å²) in [6.45, 7) is 0.163. The van der Waals surface area contributed by atoms with Crippen LogP contribution in [0.4, 0.5) is 0 Å². The van der Waals surface area contributed by atoms with E-state index in [-0.39, 0.29) is 18.9 Å². The number of halogens is 1. The van der Waals surface area contributed by atoms with Gasteiger partial charge in [-0.2, -0.15) is 0 Å². The second-order valence-electron chi connectivity index (χ2n) is 4.88. The Balaban J connectivity index is 1.69. The van der Waals surface area contributed by atoms with Gasteiger partial charge in [-0.3, -0.25) is 25.2 Å². The molecule has 0 aliphatic carbocycles. The van der Waals surface area contributed by atoms with Gasteiger partial charge in [0.2, 0.25) is 5.91 Å². The molecule has 124 valence electrons. The van der Waals surface area contributed by atoms with Crippen molar-refractivity contribution in [3.05, 3.63) is 70.7 Å². The number of carbonyl (C=O) groups is 3. The molecule has 0 saturated heterocycles. The number of hydrogen-bond donors (Lipinski definition) is 3. The van der Waals surface area contributed by atoms with E-state index in [1.807, 2.05) is 6.07 Å². The molecule has 0 spiro atoms. The molecule has 0 unspecified atom stereocenters. The fourth-order valence-corrected chi connectivity index (χ4v) is 1.97. The van der Waals surface area contributed by atoms with Gasteiger partial charge >= 0.3 is 0 Å². The normalized spacial score (nSPS) is 9.88. The molecule has 6 nitrogen and oxygen atoms in total. The number of benzene rings is 2. The molecule has 0 heterocycles. The number of rotatable bonds is 5. The molecular formula is C17H16ClN3O3. The van der Waals surface area contributed by atoms with Gasteiger partial charge in [0.15, 0.2) is 0 Å². The summed E-state index contributed by atoms with van der Waals surface area (Å²) in [6.07, 6.45) is 0.0411. The van der Waals surface area contributed by atoms with Gasteiger partial charge in [0.05, 0.1) is 0 Å². The third kappa shape index (κ3) is 5.40. The summed E-state index contributed by atoms with van der Waals surface area (Å²) in [6, 6.07) is 14.9. The fraction of sp³-hybridized carbons (Fsp3) is 0.118. The van der Waals surface area contributed by atoms with Crippen LogP contribution >= 0.6 is 11.6 Å². The zero-order valence-corrected chi connectivity index (χ0v) is 13.5. The first-order valence-corrected chi connectivity index (χ1v) is 7.62. The highest BCUT2D eigenvalue weighted by Crippen LogP contribution is 2.08. The molecule has 3 N–H and O–H groups in total. The molecule has 2 aromatic carbocycles. The van der Waals surface area contributed by atoms with Gasteiger partial charge < -0.3 is 5.32 Å². The summed E-state index contributed by atoms with van der Waals surface area (Å²) in [7, 11) is 0. The van der Waals surface area contributed by atoms with Gasteiger partial charge in [-0.15, -0.1) is 0 Å². The Hall–Kier alpha value is -2.86. The lowest BCUT2D eigenvalue weighted by molar-refractivity contribution is -0.121. The first kappa shape index (κ1) is 17.5. The van der Waals surface area contributed by atoms with Crippen LogP contribution in [0.5, 0.6) is 0 Å². The van der Waals surface area contributed by atoms with Gasteiger partial charge in [-0.1, -0.05) is 29.8 Å². The number of hydrogen-bond acceptors (Lipinski definition) is 3. The van der Waals surface area contributed by atoms with Crippen molar-refractivity contribution >= 4 is 29.3 Å². The SMILES string of the molecule is O=C(CCNC(=O)c1ccccc1)NNC(=O)c1ccc(Cl)cc1. The molecule has 24 heavy (non-hydrogen) atoms. The maximum atomic E-state index is 11.8. The van der Waals surface area contributed by atoms with E-state index in [0.29, 0.717) is 16.1 Å². The van der Waals surface area contributed by atoms with Crippen LogP contribution < -0.4 is 16.2 Å². The molecule has 0 saturated carbocycles. The van der Waals surface area contributed by atoms with Crippen LogP contribution in [0.2, 0.25) is 5.02 Å². The third-order valence-corrected chi connectivity index (χ3v) is 3.35. The minimum atomic E-state index is -0.451. The fourth-order valence-electron chi connectivity index (χ4n) is 1.84. The zero-order valence-electron chi connectivity index (χ0n) is 12.7. The van der Waals surface area contributed by atoms with Crippen LogP contribution in [0.3, 0.4) is 0 Å². The van der Waals surface area contributed by atoms with E-state index in [1.54, 1.807) is 48.5 Å². The summed E-state index contributed by atoms with van der Waals surface area (Å²) in [5.74, 6) is -1.12. The number of hydrazine groups is 1. The molecule has 2 rings (SSSR count). The molecule has 0 aliphatic rings. The lowest BCUT2D eigenvalue weighted by Gasteiger charge is -2.08. The van der Waals surface area contributed by atoms with Crippen LogP contribution in [0.25, 0.3) is 0 Å². The summed E-state index contributed by atoms with van der Waals surface area (Å²) < 4.78 is 0. The lowest BCUT2D eigenvalue weighted by Crippen LogP contribution is -2.42. The van der Waals surface area contributed by atoms with Crippen LogP contribution in [0.15, 0.2) is 54.6 Å². The molecule has 0 bridgehead atoms. The van der Waals surface area contributed by atoms with E-state index in [2.05, 4.69) is 16.2 Å². The van der Waals surface area contributed by atoms with Crippen molar-refractivity contribution in [2.24, 2.45) is 0 Å². The highest BCUT2D eigenvalue weighted by Gasteiger charge is 2.08. The van der Waals surface area contributed by atoms with Crippen molar-refractivity contribution in [1.29, 1.82) is 0 Å². The van der Waals surface area contributed by atoms with Crippen molar-refractivity contribution in [2.45, 2.75) is 6.42 Å². The predicted octanol–water partition coefficient (Wildman–Crippen LogP) is 1.92. The van der Waals surface area contributed by atoms with E-state index in [1.165, 1.54) is 0 Å². The van der Waals surface area contributed by atoms with Crippen molar-refractivity contribution in [2.75, 3.05) is 6.54 Å². The third-order valence-electron chi connectivity index (χ3n) is 3.10. The van der Waals surface area contributed by atoms with Crippen LogP contribution in [0.1, 0.15) is 27.1 Å². The number of nitrogens with one attached hydrogen (secondary N) is 3. The maximum Gasteiger partial charge on any atom is 0.269 e. The average Bonchev–Trinajstić information content (AvgIpc) is 2.61. The first-order chi connectivity index (χ1) is 11.6. The van der Waals surface area contributed by atoms with E-state index < -0.39 is 11.8 Å². The standard InChI is InChI=1S/C17H16ClN3O3/c18-14-8-6-13(7-9-14)17(24)21-20-15(22)10-11-19-16(23)12-4-2-1-3-5-12/h1-9H,10-11H2,(H,19,23)(H,20,22)(H,21,24). The Morgan fingerprint density at radius 3 is 2.08 bits per heavy atom. The van der Waals surface area contributed by atoms with Crippen molar-refractivity contribution in [3.63, 3.8) is 0 Å². The van der Waals surface area contributed by atoms with Gasteiger partial charge in [0.1, 0.15) is 0 Å². The van der Waals surface area contributed by atoms with E-state index in [0.717, 1.165) is 0 Å². The monoisotopic (exact) mass is 345 g/mol. The Kier molecular flexibility index (Phi) is 6.33. The van der Waals surface area contributed by atoms with Crippen LogP contribution in [-0.4, -0.2) is 24.3 Å². The highest BCUT2D eigenvalue weighted by molar-refractivity contribution is 6.30. The molecule has 2 aromatic rings. The summed E-state index contributed by atoms with van der Waals surface area (Å²) in [4.78, 5) is 35.2. The first-order valence-electron chi connectivity index (χ1n) is 7.24. The van der Waals surface area contributed by atoms with E-state index >= 15 is 0 Å². The Bertz CT molecular complexity index is 718. The lowest BCUT2D eigenvalue weighted by atomic mass is 10.2. The second-order valence-corrected chi connectivity index (χ2v) is 5.32. The number of amides is 3. The molecular weight excluding hydrogens is 330 g/mol. The van der Waals surface area contributed by atoms with Gasteiger partial charge in [-0.05, 0) is 36.4 Å². The minimum absolute atomic E-state index is 0.0411. The molecule has 3 amide bonds. The van der Waals surface area contributed by atoms with E-state index in [4.69, 9.17) is 11.6 Å². The smallest absolute Gasteiger partial charge is 0.269 e. The van der Waals surface area contributed by atoms with Gasteiger partial charge in [0, 0.05) is 29.1 Å². The number of carbonyl (C=O) groups excluding carboxylic acids is 3. The molecule has 0 aliphatic heterocycles. The molecule has 0 fully saturated rings. The Morgan fingerprint density at radius 1 is 0.792 bits per heavy atom. The van der Waals surface area contributed by atoms with Crippen LogP contribution in [-0.2, 0) is 4.79 Å². The zero-order chi connectivity index (χ0) is 17.4. The Labute approximate surface area is 144 Å². The van der Waals surface area contributed by atoms with E-state index in [9.17, 15) is 14.4 Å². The average molecular weight is 346 g/mol. The van der Waals surface area contributed by atoms with Crippen molar-refractivity contribution < 1.29 is 14.4 Å². The van der Waals surface area contributed by atoms with Gasteiger partial charge in [-0.25, -0.2) is 0 Å². The summed E-state index contributed by atoms with van der Waals surface area (Å²) >= 11 is 5.73. The molecule has 0 atom stereocenters. The predicted molar refractivity (Wildman–Crippen MR) is 90.5 cm³/mol. The summed E-state index contributed by atoms with van der Waals surface area (Å²) in [5.41, 5.74) is 5.47. The topological polar surface area (TPSA) is 87.3 Å². The molecule has 0 aromatic heterocycles. The van der Waals surface area contributed by atoms with Crippen LogP contribution in [0, 0.1) is 0 Å². The van der Waals surface area contributed by atoms with Crippen molar-refractivity contribution in [1.82, 2.24) is 16.2 Å². The Morgan fingerprint density at radius 2 is 1.42 bits per heavy atom. The van der Waals surface area contributed by atoms with Gasteiger partial charge in [0.25, 0.3) is 11.8 Å².